The Balaban J connectivity index is 1.89. The van der Waals surface area contributed by atoms with Crippen LogP contribution in [-0.2, 0) is 14.3 Å². The Bertz CT molecular complexity index is 696. The first-order valence-corrected chi connectivity index (χ1v) is 8.85. The van der Waals surface area contributed by atoms with Crippen molar-refractivity contribution in [2.75, 3.05) is 25.6 Å². The fraction of sp³-hybridized carbons (Fsp3) is 0.450. The molecule has 0 bridgehead atoms. The van der Waals surface area contributed by atoms with E-state index in [0.717, 1.165) is 36.9 Å². The van der Waals surface area contributed by atoms with Crippen LogP contribution in [0.1, 0.15) is 37.7 Å². The number of amides is 1. The number of nitrogens with one attached hydrogen (secondary N) is 1. The van der Waals surface area contributed by atoms with Crippen molar-refractivity contribution in [3.8, 4) is 6.07 Å². The predicted octanol–water partition coefficient (Wildman–Crippen LogP) is 2.65. The summed E-state index contributed by atoms with van der Waals surface area (Å²) in [5.41, 5.74) is 1.60. The largest absolute Gasteiger partial charge is 0.451 e. The Kier molecular flexibility index (Phi) is 7.22. The fourth-order valence-electron chi connectivity index (χ4n) is 2.90. The van der Waals surface area contributed by atoms with E-state index >= 15 is 0 Å². The van der Waals surface area contributed by atoms with Gasteiger partial charge in [-0.15, -0.1) is 0 Å². The molecule has 1 fully saturated rings. The Morgan fingerprint density at radius 1 is 1.23 bits per heavy atom. The molecule has 0 aromatic heterocycles. The minimum atomic E-state index is -0.789. The smallest absolute Gasteiger partial charge is 0.349 e. The maximum atomic E-state index is 12.0. The number of carbonyl (C=O) groups excluding carboxylic acids is 2. The van der Waals surface area contributed by atoms with Gasteiger partial charge in [0.15, 0.2) is 6.61 Å². The molecule has 1 saturated carbocycles. The van der Waals surface area contributed by atoms with Gasteiger partial charge in [0.05, 0.1) is 0 Å². The quantitative estimate of drug-likeness (QED) is 0.482. The molecule has 0 aliphatic heterocycles. The summed E-state index contributed by atoms with van der Waals surface area (Å²) in [6.07, 6.45) is 6.81. The molecule has 1 amide bonds. The average Bonchev–Trinajstić information content (AvgIpc) is 2.65. The highest BCUT2D eigenvalue weighted by Crippen LogP contribution is 2.17. The van der Waals surface area contributed by atoms with Crippen molar-refractivity contribution in [3.05, 3.63) is 35.4 Å². The third kappa shape index (κ3) is 5.92. The summed E-state index contributed by atoms with van der Waals surface area (Å²) in [4.78, 5) is 25.9. The fourth-order valence-corrected chi connectivity index (χ4v) is 2.90. The van der Waals surface area contributed by atoms with Gasteiger partial charge >= 0.3 is 5.97 Å². The van der Waals surface area contributed by atoms with Gasteiger partial charge in [0, 0.05) is 25.8 Å². The highest BCUT2D eigenvalue weighted by molar-refractivity contribution is 5.98. The van der Waals surface area contributed by atoms with Crippen LogP contribution in [0.3, 0.4) is 0 Å². The maximum absolute atomic E-state index is 12.0. The lowest BCUT2D eigenvalue weighted by Gasteiger charge is -2.22. The van der Waals surface area contributed by atoms with Gasteiger partial charge in [-0.1, -0.05) is 31.4 Å². The van der Waals surface area contributed by atoms with E-state index in [2.05, 4.69) is 5.32 Å². The molecule has 6 heteroatoms. The molecule has 6 nitrogen and oxygen atoms in total. The van der Waals surface area contributed by atoms with E-state index in [9.17, 15) is 14.9 Å². The number of anilines is 1. The minimum Gasteiger partial charge on any atom is -0.451 e. The Hall–Kier alpha value is -2.81. The first-order valence-electron chi connectivity index (χ1n) is 8.85. The van der Waals surface area contributed by atoms with Crippen LogP contribution in [0.25, 0.3) is 6.08 Å². The van der Waals surface area contributed by atoms with Gasteiger partial charge in [-0.05, 0) is 36.6 Å². The van der Waals surface area contributed by atoms with E-state index in [1.165, 1.54) is 12.5 Å². The van der Waals surface area contributed by atoms with Crippen LogP contribution in [0.5, 0.6) is 0 Å². The molecule has 1 aromatic rings. The molecule has 0 radical (unpaired) electrons. The maximum Gasteiger partial charge on any atom is 0.349 e. The Morgan fingerprint density at radius 2 is 1.88 bits per heavy atom. The van der Waals surface area contributed by atoms with Gasteiger partial charge in [0.1, 0.15) is 11.6 Å². The van der Waals surface area contributed by atoms with Crippen molar-refractivity contribution in [1.82, 2.24) is 5.32 Å². The van der Waals surface area contributed by atoms with Gasteiger partial charge in [0.25, 0.3) is 5.91 Å². The second-order valence-electron chi connectivity index (χ2n) is 6.63. The zero-order valence-corrected chi connectivity index (χ0v) is 15.3. The predicted molar refractivity (Wildman–Crippen MR) is 100 cm³/mol. The van der Waals surface area contributed by atoms with E-state index in [1.807, 2.05) is 49.3 Å². The number of ether oxygens (including phenoxy) is 1. The van der Waals surface area contributed by atoms with Crippen molar-refractivity contribution in [1.29, 1.82) is 5.26 Å². The van der Waals surface area contributed by atoms with Crippen molar-refractivity contribution >= 4 is 23.6 Å². The number of carbonyl (C=O) groups is 2. The number of esters is 1. The van der Waals surface area contributed by atoms with E-state index in [4.69, 9.17) is 4.74 Å². The number of nitriles is 1. The topological polar surface area (TPSA) is 82.4 Å². The van der Waals surface area contributed by atoms with E-state index in [0.29, 0.717) is 0 Å². The SMILES string of the molecule is CN(C)c1ccc(/C=C(/C#N)C(=O)OCC(=O)NC2CCCCC2)cc1. The lowest BCUT2D eigenvalue weighted by molar-refractivity contribution is -0.144. The molecule has 138 valence electrons. The number of nitrogens with zero attached hydrogens (tertiary/aromatic N) is 2. The third-order valence-electron chi connectivity index (χ3n) is 4.37. The molecule has 26 heavy (non-hydrogen) atoms. The van der Waals surface area contributed by atoms with Crippen LogP contribution >= 0.6 is 0 Å². The van der Waals surface area contributed by atoms with E-state index in [1.54, 1.807) is 0 Å². The second-order valence-corrected chi connectivity index (χ2v) is 6.63. The van der Waals surface area contributed by atoms with E-state index in [-0.39, 0.29) is 24.1 Å². The van der Waals surface area contributed by atoms with Gasteiger partial charge in [0.2, 0.25) is 0 Å². The molecule has 1 aliphatic rings. The van der Waals surface area contributed by atoms with Crippen LogP contribution in [0.15, 0.2) is 29.8 Å². The van der Waals surface area contributed by atoms with Crippen molar-refractivity contribution < 1.29 is 14.3 Å². The zero-order chi connectivity index (χ0) is 18.9. The highest BCUT2D eigenvalue weighted by Gasteiger charge is 2.18. The molecule has 0 atom stereocenters. The molecule has 0 saturated heterocycles. The summed E-state index contributed by atoms with van der Waals surface area (Å²) in [5, 5.41) is 12.1. The van der Waals surface area contributed by atoms with Gasteiger partial charge in [-0.25, -0.2) is 4.79 Å². The molecule has 1 aliphatic carbocycles. The van der Waals surface area contributed by atoms with Gasteiger partial charge in [-0.3, -0.25) is 4.79 Å². The lowest BCUT2D eigenvalue weighted by Crippen LogP contribution is -2.38. The molecule has 1 N–H and O–H groups in total. The lowest BCUT2D eigenvalue weighted by atomic mass is 9.95. The van der Waals surface area contributed by atoms with Crippen LogP contribution in [-0.4, -0.2) is 38.6 Å². The summed E-state index contributed by atoms with van der Waals surface area (Å²) in [7, 11) is 3.86. The van der Waals surface area contributed by atoms with Crippen LogP contribution in [0.2, 0.25) is 0 Å². The normalized spacial score (nSPS) is 15.0. The first kappa shape index (κ1) is 19.5. The average molecular weight is 355 g/mol. The van der Waals surface area contributed by atoms with Gasteiger partial charge in [-0.2, -0.15) is 5.26 Å². The number of rotatable bonds is 6. The van der Waals surface area contributed by atoms with Crippen LogP contribution in [0.4, 0.5) is 5.69 Å². The third-order valence-corrected chi connectivity index (χ3v) is 4.37. The van der Waals surface area contributed by atoms with Crippen LogP contribution < -0.4 is 10.2 Å². The zero-order valence-electron chi connectivity index (χ0n) is 15.3. The van der Waals surface area contributed by atoms with E-state index < -0.39 is 5.97 Å². The van der Waals surface area contributed by atoms with Crippen molar-refractivity contribution in [2.45, 2.75) is 38.1 Å². The molecule has 0 spiro atoms. The number of hydrogen-bond acceptors (Lipinski definition) is 5. The molecule has 0 heterocycles. The Labute approximate surface area is 154 Å². The number of benzene rings is 1. The number of hydrogen-bond donors (Lipinski definition) is 1. The summed E-state index contributed by atoms with van der Waals surface area (Å²) in [5.74, 6) is -1.11. The standard InChI is InChI=1S/C20H25N3O3/c1-23(2)18-10-8-15(9-11-18)12-16(13-21)20(25)26-14-19(24)22-17-6-4-3-5-7-17/h8-12,17H,3-7,14H2,1-2H3,(H,22,24)/b16-12-. The summed E-state index contributed by atoms with van der Waals surface area (Å²) in [6.45, 7) is -0.367. The summed E-state index contributed by atoms with van der Waals surface area (Å²) in [6, 6.07) is 9.42. The monoisotopic (exact) mass is 355 g/mol. The van der Waals surface area contributed by atoms with Gasteiger partial charge < -0.3 is 15.0 Å². The minimum absolute atomic E-state index is 0.131. The molecule has 1 aromatic carbocycles. The first-order chi connectivity index (χ1) is 12.5. The molecular weight excluding hydrogens is 330 g/mol. The molecule has 2 rings (SSSR count). The second kappa shape index (κ2) is 9.62. The van der Waals surface area contributed by atoms with Crippen LogP contribution in [0, 0.1) is 11.3 Å². The molecular formula is C20H25N3O3. The summed E-state index contributed by atoms with van der Waals surface area (Å²) >= 11 is 0. The highest BCUT2D eigenvalue weighted by atomic mass is 16.5. The molecule has 0 unspecified atom stereocenters. The Morgan fingerprint density at radius 3 is 2.46 bits per heavy atom. The van der Waals surface area contributed by atoms with Crippen molar-refractivity contribution in [3.63, 3.8) is 0 Å². The van der Waals surface area contributed by atoms with Crippen molar-refractivity contribution in [2.24, 2.45) is 0 Å². The summed E-state index contributed by atoms with van der Waals surface area (Å²) < 4.78 is 4.98.